The number of halogens is 1. The first kappa shape index (κ1) is 13.8. The lowest BCUT2D eigenvalue weighted by Crippen LogP contribution is -2.50. The molecule has 2 rings (SSSR count). The summed E-state index contributed by atoms with van der Waals surface area (Å²) in [5, 5.41) is 12.7. The fourth-order valence-corrected chi connectivity index (χ4v) is 2.33. The normalized spacial score (nSPS) is 17.6. The van der Waals surface area contributed by atoms with E-state index in [0.29, 0.717) is 18.3 Å². The summed E-state index contributed by atoms with van der Waals surface area (Å²) in [6.45, 7) is 4.82. The SMILES string of the molecule is CCNC(C#N)(COc1ccc(F)cc1C)C1CC1. The van der Waals surface area contributed by atoms with Crippen LogP contribution in [0.4, 0.5) is 4.39 Å². The van der Waals surface area contributed by atoms with Crippen molar-refractivity contribution in [2.45, 2.75) is 32.2 Å². The van der Waals surface area contributed by atoms with Crippen molar-refractivity contribution in [2.75, 3.05) is 13.2 Å². The van der Waals surface area contributed by atoms with Gasteiger partial charge >= 0.3 is 0 Å². The van der Waals surface area contributed by atoms with E-state index in [1.54, 1.807) is 13.0 Å². The molecule has 19 heavy (non-hydrogen) atoms. The summed E-state index contributed by atoms with van der Waals surface area (Å²) in [6, 6.07) is 6.80. The highest BCUT2D eigenvalue weighted by molar-refractivity contribution is 5.33. The highest BCUT2D eigenvalue weighted by Crippen LogP contribution is 2.39. The van der Waals surface area contributed by atoms with Crippen LogP contribution >= 0.6 is 0 Å². The average Bonchev–Trinajstić information content (AvgIpc) is 3.21. The second-order valence-corrected chi connectivity index (χ2v) is 5.09. The lowest BCUT2D eigenvalue weighted by atomic mass is 9.96. The molecule has 102 valence electrons. The van der Waals surface area contributed by atoms with Gasteiger partial charge in [-0.05, 0) is 56.0 Å². The zero-order valence-corrected chi connectivity index (χ0v) is 11.4. The molecule has 0 radical (unpaired) electrons. The molecular formula is C15H19FN2O. The molecular weight excluding hydrogens is 243 g/mol. The number of aryl methyl sites for hydroxylation is 1. The molecule has 0 aliphatic heterocycles. The third-order valence-corrected chi connectivity index (χ3v) is 3.56. The van der Waals surface area contributed by atoms with Crippen LogP contribution in [0.2, 0.25) is 0 Å². The van der Waals surface area contributed by atoms with Crippen molar-refractivity contribution in [3.8, 4) is 11.8 Å². The molecule has 0 saturated heterocycles. The molecule has 1 atom stereocenters. The van der Waals surface area contributed by atoms with Crippen LogP contribution in [0.15, 0.2) is 18.2 Å². The van der Waals surface area contributed by atoms with E-state index in [1.807, 2.05) is 6.92 Å². The largest absolute Gasteiger partial charge is 0.490 e. The molecule has 1 fully saturated rings. The lowest BCUT2D eigenvalue weighted by Gasteiger charge is -2.27. The first-order valence-electron chi connectivity index (χ1n) is 6.66. The maximum Gasteiger partial charge on any atom is 0.143 e. The maximum absolute atomic E-state index is 13.0. The van der Waals surface area contributed by atoms with Gasteiger partial charge in [-0.1, -0.05) is 6.92 Å². The molecule has 0 heterocycles. The van der Waals surface area contributed by atoms with Crippen LogP contribution in [0, 0.1) is 30.0 Å². The molecule has 0 amide bonds. The quantitative estimate of drug-likeness (QED) is 0.857. The fraction of sp³-hybridized carbons (Fsp3) is 0.533. The molecule has 0 spiro atoms. The molecule has 3 nitrogen and oxygen atoms in total. The summed E-state index contributed by atoms with van der Waals surface area (Å²) in [4.78, 5) is 0. The number of nitriles is 1. The number of ether oxygens (including phenoxy) is 1. The van der Waals surface area contributed by atoms with E-state index in [0.717, 1.165) is 24.9 Å². The number of hydrogen-bond donors (Lipinski definition) is 1. The predicted molar refractivity (Wildman–Crippen MR) is 71.4 cm³/mol. The monoisotopic (exact) mass is 262 g/mol. The first-order chi connectivity index (χ1) is 9.11. The van der Waals surface area contributed by atoms with Gasteiger partial charge in [0.15, 0.2) is 0 Å². The summed E-state index contributed by atoms with van der Waals surface area (Å²) in [6.07, 6.45) is 2.12. The van der Waals surface area contributed by atoms with Gasteiger partial charge in [-0.15, -0.1) is 0 Å². The number of nitrogens with one attached hydrogen (secondary N) is 1. The smallest absolute Gasteiger partial charge is 0.143 e. The standard InChI is InChI=1S/C15H19FN2O/c1-3-18-15(9-17,12-4-5-12)10-19-14-7-6-13(16)8-11(14)2/h6-8,12,18H,3-5,10H2,1-2H3. The Kier molecular flexibility index (Phi) is 4.06. The molecule has 1 N–H and O–H groups in total. The molecule has 1 saturated carbocycles. The van der Waals surface area contributed by atoms with Crippen LogP contribution in [-0.2, 0) is 0 Å². The molecule has 1 aliphatic rings. The third kappa shape index (κ3) is 3.05. The minimum absolute atomic E-state index is 0.273. The molecule has 4 heteroatoms. The van der Waals surface area contributed by atoms with Crippen LogP contribution in [0.25, 0.3) is 0 Å². The average molecular weight is 262 g/mol. The number of likely N-dealkylation sites (N-methyl/N-ethyl adjacent to an activating group) is 1. The van der Waals surface area contributed by atoms with E-state index >= 15 is 0 Å². The van der Waals surface area contributed by atoms with Crippen LogP contribution in [0.1, 0.15) is 25.3 Å². The minimum atomic E-state index is -0.615. The molecule has 1 aromatic carbocycles. The Morgan fingerprint density at radius 1 is 1.53 bits per heavy atom. The second-order valence-electron chi connectivity index (χ2n) is 5.09. The maximum atomic E-state index is 13.0. The van der Waals surface area contributed by atoms with Gasteiger partial charge in [0.05, 0.1) is 6.07 Å². The van der Waals surface area contributed by atoms with Crippen molar-refractivity contribution < 1.29 is 9.13 Å². The Labute approximate surface area is 113 Å². The van der Waals surface area contributed by atoms with Crippen LogP contribution in [-0.4, -0.2) is 18.7 Å². The number of hydrogen-bond acceptors (Lipinski definition) is 3. The van der Waals surface area contributed by atoms with E-state index in [2.05, 4.69) is 11.4 Å². The van der Waals surface area contributed by atoms with Gasteiger partial charge in [-0.3, -0.25) is 5.32 Å². The van der Waals surface area contributed by atoms with Crippen molar-refractivity contribution in [3.05, 3.63) is 29.6 Å². The number of nitrogens with zero attached hydrogens (tertiary/aromatic N) is 1. The van der Waals surface area contributed by atoms with Gasteiger partial charge in [0, 0.05) is 0 Å². The Morgan fingerprint density at radius 2 is 2.26 bits per heavy atom. The topological polar surface area (TPSA) is 45.0 Å². The molecule has 1 aromatic rings. The summed E-state index contributed by atoms with van der Waals surface area (Å²) >= 11 is 0. The zero-order chi connectivity index (χ0) is 13.9. The highest BCUT2D eigenvalue weighted by atomic mass is 19.1. The Bertz CT molecular complexity index is 493. The summed E-state index contributed by atoms with van der Waals surface area (Å²) in [7, 11) is 0. The van der Waals surface area contributed by atoms with Gasteiger partial charge < -0.3 is 4.74 Å². The Hall–Kier alpha value is -1.60. The lowest BCUT2D eigenvalue weighted by molar-refractivity contribution is 0.203. The van der Waals surface area contributed by atoms with Crippen LogP contribution < -0.4 is 10.1 Å². The van der Waals surface area contributed by atoms with Crippen LogP contribution in [0.3, 0.4) is 0 Å². The number of benzene rings is 1. The summed E-state index contributed by atoms with van der Waals surface area (Å²) < 4.78 is 18.8. The molecule has 0 bridgehead atoms. The Morgan fingerprint density at radius 3 is 2.79 bits per heavy atom. The van der Waals surface area contributed by atoms with Gasteiger partial charge in [0.1, 0.15) is 23.7 Å². The molecule has 1 unspecified atom stereocenters. The van der Waals surface area contributed by atoms with E-state index in [9.17, 15) is 9.65 Å². The van der Waals surface area contributed by atoms with Crippen molar-refractivity contribution in [2.24, 2.45) is 5.92 Å². The van der Waals surface area contributed by atoms with Crippen molar-refractivity contribution in [3.63, 3.8) is 0 Å². The predicted octanol–water partition coefficient (Wildman–Crippen LogP) is 2.79. The number of rotatable bonds is 6. The minimum Gasteiger partial charge on any atom is -0.490 e. The molecule has 1 aliphatic carbocycles. The van der Waals surface area contributed by atoms with Gasteiger partial charge in [-0.2, -0.15) is 5.26 Å². The van der Waals surface area contributed by atoms with E-state index in [-0.39, 0.29) is 5.82 Å². The first-order valence-corrected chi connectivity index (χ1v) is 6.66. The van der Waals surface area contributed by atoms with Gasteiger partial charge in [0.25, 0.3) is 0 Å². The van der Waals surface area contributed by atoms with Crippen LogP contribution in [0.5, 0.6) is 5.75 Å². The fourth-order valence-electron chi connectivity index (χ4n) is 2.33. The molecule has 0 aromatic heterocycles. The summed E-state index contributed by atoms with van der Waals surface area (Å²) in [5.41, 5.74) is 0.134. The third-order valence-electron chi connectivity index (χ3n) is 3.56. The van der Waals surface area contributed by atoms with Crippen molar-refractivity contribution in [1.29, 1.82) is 5.26 Å². The van der Waals surface area contributed by atoms with E-state index in [1.165, 1.54) is 12.1 Å². The second kappa shape index (κ2) is 5.58. The Balaban J connectivity index is 2.08. The van der Waals surface area contributed by atoms with Crippen molar-refractivity contribution >= 4 is 0 Å². The summed E-state index contributed by atoms with van der Waals surface area (Å²) in [5.74, 6) is 0.725. The zero-order valence-electron chi connectivity index (χ0n) is 11.4. The van der Waals surface area contributed by atoms with Crippen molar-refractivity contribution in [1.82, 2.24) is 5.32 Å². The van der Waals surface area contributed by atoms with E-state index < -0.39 is 5.54 Å². The highest BCUT2D eigenvalue weighted by Gasteiger charge is 2.46. The van der Waals surface area contributed by atoms with Gasteiger partial charge in [0.2, 0.25) is 0 Å². The van der Waals surface area contributed by atoms with E-state index in [4.69, 9.17) is 4.74 Å². The van der Waals surface area contributed by atoms with Gasteiger partial charge in [-0.25, -0.2) is 4.39 Å².